The van der Waals surface area contributed by atoms with Crippen LogP contribution < -0.4 is 14.2 Å². The van der Waals surface area contributed by atoms with Gasteiger partial charge < -0.3 is 19.1 Å². The number of esters is 1. The molecule has 2 aromatic rings. The van der Waals surface area contributed by atoms with Crippen molar-refractivity contribution in [1.82, 2.24) is 14.6 Å². The highest BCUT2D eigenvalue weighted by molar-refractivity contribution is 7.91. The lowest BCUT2D eigenvalue weighted by atomic mass is 9.79. The predicted molar refractivity (Wildman–Crippen MR) is 210 cm³/mol. The molecule has 4 heterocycles. The summed E-state index contributed by atoms with van der Waals surface area (Å²) >= 11 is 0. The number of carbonyl (C=O) groups is 4. The van der Waals surface area contributed by atoms with Crippen molar-refractivity contribution in [3.63, 3.8) is 0 Å². The first-order valence-electron chi connectivity index (χ1n) is 20.4. The zero-order valence-electron chi connectivity index (χ0n) is 33.6. The third-order valence-corrected chi connectivity index (χ3v) is 14.9. The third-order valence-electron chi connectivity index (χ3n) is 12.8. The fraction of sp³-hybridized carbons (Fsp3) is 0.651. The SMILES string of the molecule is CC[C@@H]1C[C@H](C)CC/C=C\[C@@H]2C[C@@]2(C(=O)NS(=O)(=O)C2(C)CC2)CC(=O)[C@@H]2C[C@@H](Oc3nccc4c5c(ccc34)CCO5)CN2C(=O)[C@H]1CC(=O)OC(C)(C)C. The first-order chi connectivity index (χ1) is 26.4. The van der Waals surface area contributed by atoms with Gasteiger partial charge in [0, 0.05) is 36.2 Å². The molecule has 7 atom stereocenters. The van der Waals surface area contributed by atoms with E-state index in [1.165, 1.54) is 0 Å². The van der Waals surface area contributed by atoms with E-state index in [0.29, 0.717) is 44.6 Å². The van der Waals surface area contributed by atoms with Crippen molar-refractivity contribution in [3.8, 4) is 11.6 Å². The average molecular weight is 792 g/mol. The monoisotopic (exact) mass is 791 g/mol. The van der Waals surface area contributed by atoms with Crippen molar-refractivity contribution in [2.75, 3.05) is 13.2 Å². The number of hydrogen-bond donors (Lipinski definition) is 1. The van der Waals surface area contributed by atoms with E-state index in [4.69, 9.17) is 14.2 Å². The number of carbonyl (C=O) groups excluding carboxylic acids is 4. The van der Waals surface area contributed by atoms with Gasteiger partial charge in [-0.3, -0.25) is 23.9 Å². The number of allylic oxidation sites excluding steroid dienone is 2. The van der Waals surface area contributed by atoms with Gasteiger partial charge in [0.15, 0.2) is 5.78 Å². The Morgan fingerprint density at radius 3 is 2.59 bits per heavy atom. The molecule has 0 radical (unpaired) electrons. The van der Waals surface area contributed by atoms with E-state index in [1.54, 1.807) is 38.8 Å². The standard InChI is InChI=1S/C43H57N3O9S/c1-7-27-20-26(2)10-8-9-11-29-23-43(29,40(50)45-56(51,52)42(6)16-17-42)24-35(47)34-21-30(25-46(34)39(49)33(27)22-36(48)55-41(3,4)5)54-38-32-13-12-28-15-19-53-37(28)31(32)14-18-44-38/h9,11-14,18,26-27,29-30,33-34H,7-8,10,15-17,19-25H2,1-6H3,(H,45,50)/b11-9-/t26-,27-,29-,30-,33+,34+,43-/m1/s1. The molecular weight excluding hydrogens is 735 g/mol. The van der Waals surface area contributed by atoms with Gasteiger partial charge in [-0.1, -0.05) is 38.5 Å². The molecular formula is C43H57N3O9S. The number of pyridine rings is 1. The van der Waals surface area contributed by atoms with Gasteiger partial charge in [0.1, 0.15) is 17.5 Å². The smallest absolute Gasteiger partial charge is 0.307 e. The molecule has 3 fully saturated rings. The Morgan fingerprint density at radius 2 is 1.88 bits per heavy atom. The van der Waals surface area contributed by atoms with Crippen molar-refractivity contribution in [3.05, 3.63) is 42.1 Å². The second-order valence-electron chi connectivity index (χ2n) is 18.3. The van der Waals surface area contributed by atoms with Crippen LogP contribution in [0.25, 0.3) is 10.8 Å². The number of sulfonamides is 1. The molecule has 56 heavy (non-hydrogen) atoms. The zero-order chi connectivity index (χ0) is 40.2. The number of hydrogen-bond acceptors (Lipinski definition) is 10. The number of Topliss-reactive ketones (excluding diaryl/α,β-unsaturated/α-hetero) is 1. The summed E-state index contributed by atoms with van der Waals surface area (Å²) in [7, 11) is -3.95. The van der Waals surface area contributed by atoms with Gasteiger partial charge in [-0.05, 0) is 102 Å². The molecule has 3 aliphatic heterocycles. The molecule has 12 nitrogen and oxygen atoms in total. The van der Waals surface area contributed by atoms with Crippen LogP contribution in [-0.2, 0) is 40.4 Å². The maximum absolute atomic E-state index is 15.0. The first kappa shape index (κ1) is 40.2. The minimum absolute atomic E-state index is 0.0703. The summed E-state index contributed by atoms with van der Waals surface area (Å²) in [6, 6.07) is 4.88. The van der Waals surface area contributed by atoms with E-state index in [1.807, 2.05) is 37.3 Å². The lowest BCUT2D eigenvalue weighted by molar-refractivity contribution is -0.160. The topological polar surface area (TPSA) is 158 Å². The van der Waals surface area contributed by atoms with Crippen LogP contribution in [0.1, 0.15) is 111 Å². The molecule has 13 heteroatoms. The number of amides is 2. The molecule has 2 amide bonds. The lowest BCUT2D eigenvalue weighted by Crippen LogP contribution is -2.48. The van der Waals surface area contributed by atoms with Crippen molar-refractivity contribution in [1.29, 1.82) is 0 Å². The number of aromatic nitrogens is 1. The van der Waals surface area contributed by atoms with Crippen molar-refractivity contribution in [2.24, 2.45) is 29.1 Å². The number of ether oxygens (including phenoxy) is 3. The van der Waals surface area contributed by atoms with Crippen LogP contribution >= 0.6 is 0 Å². The number of rotatable bonds is 8. The molecule has 1 aromatic carbocycles. The van der Waals surface area contributed by atoms with E-state index in [9.17, 15) is 22.8 Å². The molecule has 0 bridgehead atoms. The molecule has 5 aliphatic rings. The Labute approximate surface area is 330 Å². The molecule has 1 N–H and O–H groups in total. The Balaban J connectivity index is 1.24. The van der Waals surface area contributed by atoms with Crippen LogP contribution in [0.2, 0.25) is 0 Å². The summed E-state index contributed by atoms with van der Waals surface area (Å²) in [5.41, 5.74) is -0.896. The molecule has 7 rings (SSSR count). The van der Waals surface area contributed by atoms with E-state index in [2.05, 4.69) is 16.6 Å². The summed E-state index contributed by atoms with van der Waals surface area (Å²) in [5, 5.41) is 1.63. The average Bonchev–Trinajstić information content (AvgIpc) is 3.91. The van der Waals surface area contributed by atoms with Gasteiger partial charge in [0.25, 0.3) is 0 Å². The highest BCUT2D eigenvalue weighted by Crippen LogP contribution is 2.58. The number of benzene rings is 1. The Kier molecular flexibility index (Phi) is 10.8. The van der Waals surface area contributed by atoms with Crippen LogP contribution in [0, 0.1) is 29.1 Å². The van der Waals surface area contributed by atoms with E-state index >= 15 is 4.79 Å². The van der Waals surface area contributed by atoms with Gasteiger partial charge in [-0.25, -0.2) is 13.4 Å². The highest BCUT2D eigenvalue weighted by atomic mass is 32.2. The van der Waals surface area contributed by atoms with Gasteiger partial charge in [-0.2, -0.15) is 0 Å². The molecule has 1 aromatic heterocycles. The molecule has 2 aliphatic carbocycles. The van der Waals surface area contributed by atoms with Crippen LogP contribution in [0.3, 0.4) is 0 Å². The summed E-state index contributed by atoms with van der Waals surface area (Å²) in [4.78, 5) is 63.4. The van der Waals surface area contributed by atoms with Gasteiger partial charge in [0.2, 0.25) is 27.7 Å². The van der Waals surface area contributed by atoms with Crippen molar-refractivity contribution in [2.45, 2.75) is 135 Å². The maximum Gasteiger partial charge on any atom is 0.307 e. The summed E-state index contributed by atoms with van der Waals surface area (Å²) in [6.07, 6.45) is 9.78. The number of nitrogens with zero attached hydrogens (tertiary/aromatic N) is 2. The molecule has 0 spiro atoms. The zero-order valence-corrected chi connectivity index (χ0v) is 34.4. The predicted octanol–water partition coefficient (Wildman–Crippen LogP) is 6.23. The number of fused-ring (bicyclic) bond motifs is 5. The van der Waals surface area contributed by atoms with E-state index in [0.717, 1.165) is 41.3 Å². The number of nitrogens with one attached hydrogen (secondary N) is 1. The van der Waals surface area contributed by atoms with Crippen LogP contribution in [0.4, 0.5) is 0 Å². The van der Waals surface area contributed by atoms with Gasteiger partial charge in [-0.15, -0.1) is 0 Å². The molecule has 0 unspecified atom stereocenters. The fourth-order valence-corrected chi connectivity index (χ4v) is 10.4. The van der Waals surface area contributed by atoms with Crippen LogP contribution in [0.15, 0.2) is 36.5 Å². The minimum atomic E-state index is -3.95. The maximum atomic E-state index is 15.0. The minimum Gasteiger partial charge on any atom is -0.492 e. The molecule has 304 valence electrons. The van der Waals surface area contributed by atoms with E-state index < -0.39 is 55.7 Å². The fourth-order valence-electron chi connectivity index (χ4n) is 9.03. The van der Waals surface area contributed by atoms with Crippen LogP contribution in [-0.4, -0.2) is 77.5 Å². The van der Waals surface area contributed by atoms with Gasteiger partial charge >= 0.3 is 5.97 Å². The largest absolute Gasteiger partial charge is 0.492 e. The summed E-state index contributed by atoms with van der Waals surface area (Å²) in [5.74, 6) is -1.65. The Morgan fingerprint density at radius 1 is 1.11 bits per heavy atom. The van der Waals surface area contributed by atoms with E-state index in [-0.39, 0.29) is 55.3 Å². The molecule has 1 saturated heterocycles. The highest BCUT2D eigenvalue weighted by Gasteiger charge is 2.62. The van der Waals surface area contributed by atoms with Crippen molar-refractivity contribution >= 4 is 44.4 Å². The molecule has 2 saturated carbocycles. The summed E-state index contributed by atoms with van der Waals surface area (Å²) < 4.78 is 46.1. The lowest BCUT2D eigenvalue weighted by Gasteiger charge is -2.33. The normalized spacial score (nSPS) is 30.9. The third kappa shape index (κ3) is 8.07. The van der Waals surface area contributed by atoms with Gasteiger partial charge in [0.05, 0.1) is 41.7 Å². The number of ketones is 1. The van der Waals surface area contributed by atoms with Crippen molar-refractivity contribution < 1.29 is 41.8 Å². The Hall–Kier alpha value is -4.00. The first-order valence-corrected chi connectivity index (χ1v) is 21.9. The summed E-state index contributed by atoms with van der Waals surface area (Å²) in [6.45, 7) is 11.8. The Bertz CT molecular complexity index is 2040. The van der Waals surface area contributed by atoms with Crippen LogP contribution in [0.5, 0.6) is 11.6 Å². The second-order valence-corrected chi connectivity index (χ2v) is 20.4. The second kappa shape index (κ2) is 15.1. The quantitative estimate of drug-likeness (QED) is 0.240.